The molecule has 0 aromatic rings. The minimum Gasteiger partial charge on any atom is -0.352 e. The zero-order chi connectivity index (χ0) is 15.2. The van der Waals surface area contributed by atoms with Crippen molar-refractivity contribution in [3.05, 3.63) is 0 Å². The summed E-state index contributed by atoms with van der Waals surface area (Å²) in [7, 11) is 0. The smallest absolute Gasteiger partial charge is 0.239 e. The molecule has 0 heterocycles. The summed E-state index contributed by atoms with van der Waals surface area (Å²) in [6.07, 6.45) is 5.59. The van der Waals surface area contributed by atoms with Gasteiger partial charge in [0.25, 0.3) is 0 Å². The summed E-state index contributed by atoms with van der Waals surface area (Å²) in [5, 5.41) is 2.81. The third-order valence-corrected chi connectivity index (χ3v) is 3.87. The molecule has 0 unspecified atom stereocenters. The number of hydrogen-bond donors (Lipinski definition) is 2. The fourth-order valence-corrected chi connectivity index (χ4v) is 2.76. The van der Waals surface area contributed by atoms with E-state index in [1.165, 1.54) is 6.42 Å². The molecule has 0 aliphatic heterocycles. The van der Waals surface area contributed by atoms with E-state index in [2.05, 4.69) is 5.32 Å². The summed E-state index contributed by atoms with van der Waals surface area (Å²) in [6.45, 7) is 6.38. The molecule has 2 amide bonds. The lowest BCUT2D eigenvalue weighted by molar-refractivity contribution is -0.137. The second kappa shape index (κ2) is 7.62. The zero-order valence-electron chi connectivity index (χ0n) is 13.1. The molecule has 0 radical (unpaired) electrons. The second-order valence-corrected chi connectivity index (χ2v) is 6.23. The Bertz CT molecular complexity index is 336. The van der Waals surface area contributed by atoms with E-state index in [1.54, 1.807) is 4.90 Å². The largest absolute Gasteiger partial charge is 0.352 e. The molecule has 116 valence electrons. The van der Waals surface area contributed by atoms with Gasteiger partial charge in [0.05, 0.1) is 6.54 Å². The van der Waals surface area contributed by atoms with Crippen molar-refractivity contribution in [1.29, 1.82) is 0 Å². The molecule has 1 aliphatic rings. The molecule has 20 heavy (non-hydrogen) atoms. The molecule has 0 aromatic carbocycles. The normalized spacial score (nSPS) is 17.9. The van der Waals surface area contributed by atoms with Crippen molar-refractivity contribution in [2.75, 3.05) is 13.1 Å². The summed E-state index contributed by atoms with van der Waals surface area (Å²) in [6, 6.07) is 0.0931. The lowest BCUT2D eigenvalue weighted by Gasteiger charge is -2.34. The maximum atomic E-state index is 12.3. The van der Waals surface area contributed by atoms with E-state index in [-0.39, 0.29) is 29.9 Å². The van der Waals surface area contributed by atoms with Gasteiger partial charge in [-0.2, -0.15) is 0 Å². The predicted molar refractivity (Wildman–Crippen MR) is 80.2 cm³/mol. The third kappa shape index (κ3) is 5.49. The Morgan fingerprint density at radius 2 is 1.85 bits per heavy atom. The molecule has 0 atom stereocenters. The van der Waals surface area contributed by atoms with Crippen molar-refractivity contribution < 1.29 is 9.59 Å². The minimum absolute atomic E-state index is 0.00388. The number of nitrogens with one attached hydrogen (secondary N) is 1. The maximum absolute atomic E-state index is 12.3. The van der Waals surface area contributed by atoms with Crippen molar-refractivity contribution in [2.24, 2.45) is 5.73 Å². The SMILES string of the molecule is CCN(CC(=O)NC(C)C)C(=O)CC1(N)CCCCC1. The number of carbonyl (C=O) groups is 2. The van der Waals surface area contributed by atoms with E-state index in [0.29, 0.717) is 13.0 Å². The van der Waals surface area contributed by atoms with Gasteiger partial charge in [-0.15, -0.1) is 0 Å². The van der Waals surface area contributed by atoms with Gasteiger partial charge in [-0.25, -0.2) is 0 Å². The van der Waals surface area contributed by atoms with Crippen molar-refractivity contribution in [3.8, 4) is 0 Å². The quantitative estimate of drug-likeness (QED) is 0.774. The van der Waals surface area contributed by atoms with E-state index in [0.717, 1.165) is 25.7 Å². The first-order chi connectivity index (χ1) is 9.36. The second-order valence-electron chi connectivity index (χ2n) is 6.23. The molecule has 1 fully saturated rings. The summed E-state index contributed by atoms with van der Waals surface area (Å²) in [4.78, 5) is 25.7. The van der Waals surface area contributed by atoms with Crippen molar-refractivity contribution >= 4 is 11.8 Å². The molecule has 3 N–H and O–H groups in total. The van der Waals surface area contributed by atoms with Crippen LogP contribution in [0, 0.1) is 0 Å². The van der Waals surface area contributed by atoms with Crippen molar-refractivity contribution in [1.82, 2.24) is 10.2 Å². The average Bonchev–Trinajstić information content (AvgIpc) is 2.35. The molecular formula is C15H29N3O2. The fourth-order valence-electron chi connectivity index (χ4n) is 2.76. The van der Waals surface area contributed by atoms with Crippen LogP contribution in [0.4, 0.5) is 0 Å². The predicted octanol–water partition coefficient (Wildman–Crippen LogP) is 1.41. The Labute approximate surface area is 122 Å². The van der Waals surface area contributed by atoms with Gasteiger partial charge >= 0.3 is 0 Å². The first-order valence-electron chi connectivity index (χ1n) is 7.72. The molecular weight excluding hydrogens is 254 g/mol. The van der Waals surface area contributed by atoms with E-state index >= 15 is 0 Å². The molecule has 1 rings (SSSR count). The standard InChI is InChI=1S/C15H29N3O2/c1-4-18(11-13(19)17-12(2)3)14(20)10-15(16)8-6-5-7-9-15/h12H,4-11,16H2,1-3H3,(H,17,19). The van der Waals surface area contributed by atoms with Gasteiger partial charge in [0.2, 0.25) is 11.8 Å². The van der Waals surface area contributed by atoms with E-state index in [4.69, 9.17) is 5.73 Å². The van der Waals surface area contributed by atoms with Crippen LogP contribution >= 0.6 is 0 Å². The number of nitrogens with zero attached hydrogens (tertiary/aromatic N) is 1. The minimum atomic E-state index is -0.364. The number of amides is 2. The van der Waals surface area contributed by atoms with Gasteiger partial charge < -0.3 is 16.0 Å². The van der Waals surface area contributed by atoms with Crippen LogP contribution < -0.4 is 11.1 Å². The number of rotatable bonds is 6. The highest BCUT2D eigenvalue weighted by molar-refractivity contribution is 5.85. The Morgan fingerprint density at radius 3 is 2.35 bits per heavy atom. The van der Waals surface area contributed by atoms with Crippen LogP contribution in [0.3, 0.4) is 0 Å². The molecule has 1 saturated carbocycles. The fraction of sp³-hybridized carbons (Fsp3) is 0.867. The molecule has 0 spiro atoms. The first-order valence-corrected chi connectivity index (χ1v) is 7.72. The first kappa shape index (κ1) is 17.0. The van der Waals surface area contributed by atoms with Crippen molar-refractivity contribution in [2.45, 2.75) is 70.9 Å². The van der Waals surface area contributed by atoms with Crippen molar-refractivity contribution in [3.63, 3.8) is 0 Å². The lowest BCUT2D eigenvalue weighted by Crippen LogP contribution is -2.49. The van der Waals surface area contributed by atoms with Crippen LogP contribution in [-0.4, -0.2) is 41.4 Å². The molecule has 1 aliphatic carbocycles. The maximum Gasteiger partial charge on any atom is 0.239 e. The van der Waals surface area contributed by atoms with Crippen LogP contribution in [0.2, 0.25) is 0 Å². The molecule has 0 saturated heterocycles. The highest BCUT2D eigenvalue weighted by atomic mass is 16.2. The van der Waals surface area contributed by atoms with Gasteiger partial charge in [0.1, 0.15) is 0 Å². The average molecular weight is 283 g/mol. The van der Waals surface area contributed by atoms with Crippen LogP contribution in [0.25, 0.3) is 0 Å². The van der Waals surface area contributed by atoms with E-state index < -0.39 is 0 Å². The summed E-state index contributed by atoms with van der Waals surface area (Å²) >= 11 is 0. The topological polar surface area (TPSA) is 75.4 Å². The van der Waals surface area contributed by atoms with Crippen LogP contribution in [-0.2, 0) is 9.59 Å². The molecule has 0 bridgehead atoms. The lowest BCUT2D eigenvalue weighted by atomic mass is 9.80. The van der Waals surface area contributed by atoms with Gasteiger partial charge in [0.15, 0.2) is 0 Å². The van der Waals surface area contributed by atoms with Gasteiger partial charge in [-0.05, 0) is 33.6 Å². The Hall–Kier alpha value is -1.10. The molecule has 0 aromatic heterocycles. The third-order valence-electron chi connectivity index (χ3n) is 3.87. The number of carbonyl (C=O) groups excluding carboxylic acids is 2. The Morgan fingerprint density at radius 1 is 1.25 bits per heavy atom. The van der Waals surface area contributed by atoms with E-state index in [9.17, 15) is 9.59 Å². The van der Waals surface area contributed by atoms with Crippen LogP contribution in [0.1, 0.15) is 59.3 Å². The Balaban J connectivity index is 2.51. The van der Waals surface area contributed by atoms with Gasteiger partial charge in [0, 0.05) is 24.5 Å². The Kier molecular flexibility index (Phi) is 6.46. The summed E-state index contributed by atoms with van der Waals surface area (Å²) in [5.74, 6) is -0.110. The molecule has 5 heteroatoms. The molecule has 5 nitrogen and oxygen atoms in total. The van der Waals surface area contributed by atoms with Gasteiger partial charge in [-0.3, -0.25) is 9.59 Å². The van der Waals surface area contributed by atoms with Crippen LogP contribution in [0.15, 0.2) is 0 Å². The highest BCUT2D eigenvalue weighted by Gasteiger charge is 2.31. The number of hydrogen-bond acceptors (Lipinski definition) is 3. The summed E-state index contributed by atoms with van der Waals surface area (Å²) < 4.78 is 0. The monoisotopic (exact) mass is 283 g/mol. The number of likely N-dealkylation sites (N-methyl/N-ethyl adjacent to an activating group) is 1. The summed E-state index contributed by atoms with van der Waals surface area (Å²) in [5.41, 5.74) is 5.95. The van der Waals surface area contributed by atoms with Crippen LogP contribution in [0.5, 0.6) is 0 Å². The zero-order valence-corrected chi connectivity index (χ0v) is 13.1. The van der Waals surface area contributed by atoms with E-state index in [1.807, 2.05) is 20.8 Å². The van der Waals surface area contributed by atoms with Gasteiger partial charge in [-0.1, -0.05) is 19.3 Å². The number of nitrogens with two attached hydrogens (primary N) is 1. The highest BCUT2D eigenvalue weighted by Crippen LogP contribution is 2.29.